The molecule has 0 bridgehead atoms. The lowest BCUT2D eigenvalue weighted by Crippen LogP contribution is -2.15. The summed E-state index contributed by atoms with van der Waals surface area (Å²) in [6, 6.07) is 0. The number of hydrogen-bond donors (Lipinski definition) is 1. The first-order chi connectivity index (χ1) is 8.22. The highest BCUT2D eigenvalue weighted by molar-refractivity contribution is 5.17. The van der Waals surface area contributed by atoms with Crippen molar-refractivity contribution in [2.24, 2.45) is 5.92 Å². The van der Waals surface area contributed by atoms with Crippen molar-refractivity contribution in [3.63, 3.8) is 0 Å². The Morgan fingerprint density at radius 2 is 2.06 bits per heavy atom. The van der Waals surface area contributed by atoms with Crippen LogP contribution < -0.4 is 5.32 Å². The molecule has 1 saturated carbocycles. The Morgan fingerprint density at radius 1 is 1.35 bits per heavy atom. The van der Waals surface area contributed by atoms with Gasteiger partial charge in [-0.2, -0.15) is 0 Å². The van der Waals surface area contributed by atoms with Gasteiger partial charge in [0.25, 0.3) is 0 Å². The molecule has 0 unspecified atom stereocenters. The van der Waals surface area contributed by atoms with E-state index in [1.54, 1.807) is 0 Å². The number of rotatable bonds is 5. The van der Waals surface area contributed by atoms with Crippen LogP contribution in [0.25, 0.3) is 0 Å². The van der Waals surface area contributed by atoms with Gasteiger partial charge in [0.1, 0.15) is 0 Å². The Bertz CT molecular complexity index is 350. The number of aromatic nitrogens is 3. The van der Waals surface area contributed by atoms with Gasteiger partial charge in [0.2, 0.25) is 0 Å². The van der Waals surface area contributed by atoms with Crippen LogP contribution in [0.5, 0.6) is 0 Å². The Morgan fingerprint density at radius 3 is 2.65 bits per heavy atom. The van der Waals surface area contributed by atoms with Crippen molar-refractivity contribution in [1.82, 2.24) is 20.3 Å². The van der Waals surface area contributed by atoms with Gasteiger partial charge in [-0.15, -0.1) is 5.10 Å². The molecule has 1 N–H and O–H groups in total. The van der Waals surface area contributed by atoms with Gasteiger partial charge in [-0.05, 0) is 25.8 Å². The summed E-state index contributed by atoms with van der Waals surface area (Å²) >= 11 is 0. The molecule has 4 nitrogen and oxygen atoms in total. The third-order valence-corrected chi connectivity index (χ3v) is 3.47. The van der Waals surface area contributed by atoms with Gasteiger partial charge in [-0.1, -0.05) is 31.9 Å². The van der Waals surface area contributed by atoms with Crippen LogP contribution in [0.1, 0.15) is 56.8 Å². The highest BCUT2D eigenvalue weighted by Crippen LogP contribution is 2.35. The Labute approximate surface area is 104 Å². The molecule has 1 heterocycles. The van der Waals surface area contributed by atoms with E-state index in [4.69, 9.17) is 0 Å². The summed E-state index contributed by atoms with van der Waals surface area (Å²) in [6.45, 7) is 6.29. The van der Waals surface area contributed by atoms with Gasteiger partial charge >= 0.3 is 0 Å². The Balaban J connectivity index is 2.25. The van der Waals surface area contributed by atoms with Crippen LogP contribution in [0.15, 0.2) is 0 Å². The van der Waals surface area contributed by atoms with Gasteiger partial charge in [0, 0.05) is 19.0 Å². The monoisotopic (exact) mass is 236 g/mol. The number of nitrogens with zero attached hydrogens (tertiary/aromatic N) is 3. The summed E-state index contributed by atoms with van der Waals surface area (Å²) in [5, 5.41) is 11.9. The minimum absolute atomic E-state index is 0.624. The second-order valence-electron chi connectivity index (χ2n) is 5.51. The molecule has 1 aliphatic carbocycles. The maximum Gasteiger partial charge on any atom is 0.0999 e. The molecule has 96 valence electrons. The predicted octanol–water partition coefficient (Wildman–Crippen LogP) is 2.31. The number of nitrogens with one attached hydrogen (secondary N) is 1. The van der Waals surface area contributed by atoms with Crippen LogP contribution in [0.3, 0.4) is 0 Å². The van der Waals surface area contributed by atoms with Crippen LogP contribution in [0.4, 0.5) is 0 Å². The maximum atomic E-state index is 4.35. The minimum atomic E-state index is 0.624. The van der Waals surface area contributed by atoms with Gasteiger partial charge in [0.15, 0.2) is 0 Å². The fourth-order valence-corrected chi connectivity index (χ4v) is 2.78. The molecular formula is C13H24N4. The number of hydrogen-bond acceptors (Lipinski definition) is 3. The molecule has 4 heteroatoms. The largest absolute Gasteiger partial charge is 0.314 e. The van der Waals surface area contributed by atoms with Crippen LogP contribution in [-0.2, 0) is 13.1 Å². The summed E-state index contributed by atoms with van der Waals surface area (Å²) in [5.74, 6) is 1.31. The second-order valence-corrected chi connectivity index (χ2v) is 5.51. The summed E-state index contributed by atoms with van der Waals surface area (Å²) in [7, 11) is 1.97. The van der Waals surface area contributed by atoms with E-state index in [0.717, 1.165) is 18.8 Å². The zero-order valence-electron chi connectivity index (χ0n) is 11.2. The maximum absolute atomic E-state index is 4.35. The molecule has 1 aromatic rings. The molecule has 17 heavy (non-hydrogen) atoms. The normalized spacial score (nSPS) is 17.2. The molecule has 1 aromatic heterocycles. The second kappa shape index (κ2) is 5.63. The van der Waals surface area contributed by atoms with Crippen molar-refractivity contribution in [3.8, 4) is 0 Å². The van der Waals surface area contributed by atoms with Crippen molar-refractivity contribution in [2.45, 2.75) is 58.5 Å². The molecule has 1 aliphatic rings. The average Bonchev–Trinajstić information content (AvgIpc) is 2.87. The highest BCUT2D eigenvalue weighted by Gasteiger charge is 2.25. The average molecular weight is 236 g/mol. The highest BCUT2D eigenvalue weighted by atomic mass is 15.4. The smallest absolute Gasteiger partial charge is 0.0999 e. The van der Waals surface area contributed by atoms with E-state index < -0.39 is 0 Å². The fraction of sp³-hybridized carbons (Fsp3) is 0.846. The first kappa shape index (κ1) is 12.6. The predicted molar refractivity (Wildman–Crippen MR) is 68.8 cm³/mol. The van der Waals surface area contributed by atoms with E-state index in [9.17, 15) is 0 Å². The summed E-state index contributed by atoms with van der Waals surface area (Å²) in [4.78, 5) is 0. The van der Waals surface area contributed by atoms with Crippen molar-refractivity contribution in [2.75, 3.05) is 7.05 Å². The topological polar surface area (TPSA) is 42.7 Å². The van der Waals surface area contributed by atoms with Crippen LogP contribution in [0, 0.1) is 5.92 Å². The summed E-state index contributed by atoms with van der Waals surface area (Å²) < 4.78 is 2.15. The lowest BCUT2D eigenvalue weighted by Gasteiger charge is -2.15. The van der Waals surface area contributed by atoms with E-state index in [0.29, 0.717) is 11.8 Å². The summed E-state index contributed by atoms with van der Waals surface area (Å²) in [5.41, 5.74) is 2.55. The van der Waals surface area contributed by atoms with E-state index >= 15 is 0 Å². The molecule has 0 atom stereocenters. The minimum Gasteiger partial charge on any atom is -0.314 e. The van der Waals surface area contributed by atoms with Crippen LogP contribution in [0.2, 0.25) is 0 Å². The van der Waals surface area contributed by atoms with Crippen molar-refractivity contribution >= 4 is 0 Å². The zero-order valence-corrected chi connectivity index (χ0v) is 11.2. The molecular weight excluding hydrogens is 212 g/mol. The molecule has 0 radical (unpaired) electrons. The van der Waals surface area contributed by atoms with Gasteiger partial charge < -0.3 is 5.32 Å². The first-order valence-corrected chi connectivity index (χ1v) is 6.79. The SMILES string of the molecule is CNCc1nnn(CC(C)C)c1C1CCCC1. The van der Waals surface area contributed by atoms with Crippen molar-refractivity contribution in [1.29, 1.82) is 0 Å². The van der Waals surface area contributed by atoms with Gasteiger partial charge in [0.05, 0.1) is 11.4 Å². The molecule has 1 fully saturated rings. The Hall–Kier alpha value is -0.900. The molecule has 0 aliphatic heterocycles. The molecule has 0 saturated heterocycles. The molecule has 2 rings (SSSR count). The van der Waals surface area contributed by atoms with Crippen LogP contribution in [-0.4, -0.2) is 22.0 Å². The van der Waals surface area contributed by atoms with Crippen molar-refractivity contribution in [3.05, 3.63) is 11.4 Å². The van der Waals surface area contributed by atoms with E-state index in [1.807, 2.05) is 7.05 Å². The third-order valence-electron chi connectivity index (χ3n) is 3.47. The Kier molecular flexibility index (Phi) is 4.15. The van der Waals surface area contributed by atoms with Gasteiger partial charge in [-0.3, -0.25) is 0 Å². The van der Waals surface area contributed by atoms with Gasteiger partial charge in [-0.25, -0.2) is 4.68 Å². The van der Waals surface area contributed by atoms with E-state index in [2.05, 4.69) is 34.2 Å². The fourth-order valence-electron chi connectivity index (χ4n) is 2.78. The zero-order chi connectivity index (χ0) is 12.3. The summed E-state index contributed by atoms with van der Waals surface area (Å²) in [6.07, 6.45) is 5.33. The van der Waals surface area contributed by atoms with E-state index in [1.165, 1.54) is 31.4 Å². The van der Waals surface area contributed by atoms with E-state index in [-0.39, 0.29) is 0 Å². The standard InChI is InChI=1S/C13H24N4/c1-10(2)9-17-13(11-6-4-5-7-11)12(8-14-3)15-16-17/h10-11,14H,4-9H2,1-3H3. The molecule has 0 amide bonds. The lowest BCUT2D eigenvalue weighted by atomic mass is 10.0. The quantitative estimate of drug-likeness (QED) is 0.853. The molecule has 0 aromatic carbocycles. The third kappa shape index (κ3) is 2.86. The van der Waals surface area contributed by atoms with Crippen molar-refractivity contribution < 1.29 is 0 Å². The molecule has 0 spiro atoms. The van der Waals surface area contributed by atoms with Crippen LogP contribution >= 0.6 is 0 Å². The lowest BCUT2D eigenvalue weighted by molar-refractivity contribution is 0.445. The first-order valence-electron chi connectivity index (χ1n) is 6.79.